The van der Waals surface area contributed by atoms with Crippen molar-refractivity contribution >= 4 is 0 Å². The zero-order valence-corrected chi connectivity index (χ0v) is 7.54. The zero-order valence-electron chi connectivity index (χ0n) is 7.54. The third-order valence-electron chi connectivity index (χ3n) is 2.93. The maximum atomic E-state index is 5.54. The van der Waals surface area contributed by atoms with Crippen molar-refractivity contribution in [3.8, 4) is 0 Å². The lowest BCUT2D eigenvalue weighted by molar-refractivity contribution is -0.0433. The summed E-state index contributed by atoms with van der Waals surface area (Å²) in [6, 6.07) is 0. The minimum Gasteiger partial charge on any atom is -0.381 e. The molecule has 0 amide bonds. The van der Waals surface area contributed by atoms with Crippen molar-refractivity contribution in [3.05, 3.63) is 0 Å². The van der Waals surface area contributed by atoms with Gasteiger partial charge in [-0.05, 0) is 25.4 Å². The maximum Gasteiger partial charge on any atom is 0.0516 e. The van der Waals surface area contributed by atoms with Crippen LogP contribution >= 0.6 is 0 Å². The van der Waals surface area contributed by atoms with Crippen LogP contribution in [-0.2, 0) is 4.74 Å². The Bertz CT molecular complexity index is 141. The summed E-state index contributed by atoms with van der Waals surface area (Å²) in [5.74, 6) is 1.63. The molecule has 0 bridgehead atoms. The van der Waals surface area contributed by atoms with Gasteiger partial charge in [-0.2, -0.15) is 0 Å². The number of nitrogens with zero attached hydrogens (tertiary/aromatic N) is 1. The zero-order chi connectivity index (χ0) is 8.39. The van der Waals surface area contributed by atoms with Gasteiger partial charge in [0.1, 0.15) is 0 Å². The molecule has 2 fully saturated rings. The van der Waals surface area contributed by atoms with E-state index in [1.54, 1.807) is 0 Å². The predicted molar refractivity (Wildman–Crippen MR) is 47.9 cm³/mol. The van der Waals surface area contributed by atoms with Gasteiger partial charge in [-0.25, -0.2) is 0 Å². The van der Waals surface area contributed by atoms with Gasteiger partial charge in [0.2, 0.25) is 0 Å². The first-order valence-electron chi connectivity index (χ1n) is 4.88. The van der Waals surface area contributed by atoms with Gasteiger partial charge in [-0.1, -0.05) is 0 Å². The summed E-state index contributed by atoms with van der Waals surface area (Å²) < 4.78 is 5.12. The Balaban J connectivity index is 1.51. The molecule has 0 aromatic heterocycles. The van der Waals surface area contributed by atoms with E-state index in [-0.39, 0.29) is 0 Å². The summed E-state index contributed by atoms with van der Waals surface area (Å²) in [6.07, 6.45) is 1.32. The van der Waals surface area contributed by atoms with Crippen molar-refractivity contribution in [2.24, 2.45) is 17.6 Å². The van der Waals surface area contributed by atoms with E-state index >= 15 is 0 Å². The van der Waals surface area contributed by atoms with Gasteiger partial charge in [0.25, 0.3) is 0 Å². The van der Waals surface area contributed by atoms with E-state index in [4.69, 9.17) is 10.5 Å². The van der Waals surface area contributed by atoms with Crippen LogP contribution in [0.15, 0.2) is 0 Å². The van der Waals surface area contributed by atoms with E-state index in [1.165, 1.54) is 26.1 Å². The smallest absolute Gasteiger partial charge is 0.0516 e. The van der Waals surface area contributed by atoms with Crippen LogP contribution in [0.2, 0.25) is 0 Å². The number of ether oxygens (including phenoxy) is 1. The number of hydrogen-bond donors (Lipinski definition) is 1. The van der Waals surface area contributed by atoms with Crippen LogP contribution in [0.1, 0.15) is 6.42 Å². The van der Waals surface area contributed by atoms with Crippen LogP contribution in [0.4, 0.5) is 0 Å². The Kier molecular flexibility index (Phi) is 2.63. The molecule has 3 heteroatoms. The molecule has 0 aromatic carbocycles. The number of likely N-dealkylation sites (tertiary alicyclic amines) is 1. The molecule has 2 rings (SSSR count). The van der Waals surface area contributed by atoms with E-state index in [1.807, 2.05) is 0 Å². The largest absolute Gasteiger partial charge is 0.381 e. The highest BCUT2D eigenvalue weighted by molar-refractivity contribution is 4.81. The topological polar surface area (TPSA) is 38.5 Å². The van der Waals surface area contributed by atoms with Crippen molar-refractivity contribution < 1.29 is 4.74 Å². The van der Waals surface area contributed by atoms with E-state index in [0.717, 1.165) is 31.6 Å². The first-order valence-corrected chi connectivity index (χ1v) is 4.88. The van der Waals surface area contributed by atoms with Crippen molar-refractivity contribution in [2.75, 3.05) is 39.4 Å². The van der Waals surface area contributed by atoms with Crippen molar-refractivity contribution in [1.82, 2.24) is 4.90 Å². The van der Waals surface area contributed by atoms with Crippen LogP contribution in [-0.4, -0.2) is 44.3 Å². The Morgan fingerprint density at radius 2 is 2.00 bits per heavy atom. The Morgan fingerprint density at radius 3 is 2.50 bits per heavy atom. The summed E-state index contributed by atoms with van der Waals surface area (Å²) in [7, 11) is 0. The van der Waals surface area contributed by atoms with Gasteiger partial charge >= 0.3 is 0 Å². The lowest BCUT2D eigenvalue weighted by atomic mass is 9.98. The molecule has 0 unspecified atom stereocenters. The molecule has 2 saturated heterocycles. The Labute approximate surface area is 73.9 Å². The minimum absolute atomic E-state index is 0.780. The summed E-state index contributed by atoms with van der Waals surface area (Å²) >= 11 is 0. The van der Waals surface area contributed by atoms with Crippen LogP contribution in [0.25, 0.3) is 0 Å². The van der Waals surface area contributed by atoms with Crippen molar-refractivity contribution in [3.63, 3.8) is 0 Å². The molecule has 12 heavy (non-hydrogen) atoms. The molecule has 2 aliphatic heterocycles. The van der Waals surface area contributed by atoms with Gasteiger partial charge in [0.05, 0.1) is 13.2 Å². The molecule has 0 aliphatic carbocycles. The number of hydrogen-bond acceptors (Lipinski definition) is 3. The second-order valence-electron chi connectivity index (χ2n) is 4.05. The maximum absolute atomic E-state index is 5.54. The standard InChI is InChI=1S/C9H18N2O/c10-3-9-4-11(5-9)2-1-8-6-12-7-8/h8-9H,1-7,10H2. The molecule has 0 atom stereocenters. The van der Waals surface area contributed by atoms with Crippen LogP contribution in [0, 0.1) is 11.8 Å². The molecule has 0 aromatic rings. The molecule has 2 N–H and O–H groups in total. The average Bonchev–Trinajstić information content (AvgIpc) is 1.90. The quantitative estimate of drug-likeness (QED) is 0.641. The molecular weight excluding hydrogens is 152 g/mol. The van der Waals surface area contributed by atoms with E-state index in [9.17, 15) is 0 Å². The van der Waals surface area contributed by atoms with Crippen molar-refractivity contribution in [1.29, 1.82) is 0 Å². The molecular formula is C9H18N2O. The van der Waals surface area contributed by atoms with E-state index in [2.05, 4.69) is 4.90 Å². The van der Waals surface area contributed by atoms with Crippen LogP contribution in [0.3, 0.4) is 0 Å². The monoisotopic (exact) mass is 170 g/mol. The third kappa shape index (κ3) is 1.79. The van der Waals surface area contributed by atoms with Gasteiger partial charge in [0.15, 0.2) is 0 Å². The molecule has 2 heterocycles. The fourth-order valence-electron chi connectivity index (χ4n) is 1.82. The van der Waals surface area contributed by atoms with Gasteiger partial charge < -0.3 is 15.4 Å². The first kappa shape index (κ1) is 8.48. The molecule has 70 valence electrons. The molecule has 0 saturated carbocycles. The van der Waals surface area contributed by atoms with E-state index < -0.39 is 0 Å². The third-order valence-corrected chi connectivity index (χ3v) is 2.93. The fraction of sp³-hybridized carbons (Fsp3) is 1.00. The van der Waals surface area contributed by atoms with E-state index in [0.29, 0.717) is 0 Å². The second kappa shape index (κ2) is 3.73. The SMILES string of the molecule is NCC1CN(CCC2COC2)C1. The highest BCUT2D eigenvalue weighted by Gasteiger charge is 2.26. The molecule has 0 radical (unpaired) electrons. The minimum atomic E-state index is 0.780. The lowest BCUT2D eigenvalue weighted by Gasteiger charge is -2.40. The van der Waals surface area contributed by atoms with Gasteiger partial charge in [0, 0.05) is 19.0 Å². The Hall–Kier alpha value is -0.120. The fourth-order valence-corrected chi connectivity index (χ4v) is 1.82. The summed E-state index contributed by atoms with van der Waals surface area (Å²) in [5, 5.41) is 0. The Morgan fingerprint density at radius 1 is 1.25 bits per heavy atom. The molecule has 0 spiro atoms. The van der Waals surface area contributed by atoms with Gasteiger partial charge in [-0.3, -0.25) is 0 Å². The highest BCUT2D eigenvalue weighted by Crippen LogP contribution is 2.19. The van der Waals surface area contributed by atoms with Crippen molar-refractivity contribution in [2.45, 2.75) is 6.42 Å². The average molecular weight is 170 g/mol. The molecule has 3 nitrogen and oxygen atoms in total. The van der Waals surface area contributed by atoms with Gasteiger partial charge in [-0.15, -0.1) is 0 Å². The normalized spacial score (nSPS) is 26.8. The number of nitrogens with two attached hydrogens (primary N) is 1. The number of rotatable bonds is 4. The summed E-state index contributed by atoms with van der Waals surface area (Å²) in [4.78, 5) is 2.50. The van der Waals surface area contributed by atoms with Crippen LogP contribution in [0.5, 0.6) is 0 Å². The highest BCUT2D eigenvalue weighted by atomic mass is 16.5. The van der Waals surface area contributed by atoms with Crippen LogP contribution < -0.4 is 5.73 Å². The summed E-state index contributed by atoms with van der Waals surface area (Å²) in [6.45, 7) is 6.56. The predicted octanol–water partition coefficient (Wildman–Crippen LogP) is -0.0866. The second-order valence-corrected chi connectivity index (χ2v) is 4.05. The lowest BCUT2D eigenvalue weighted by Crippen LogP contribution is -2.50. The summed E-state index contributed by atoms with van der Waals surface area (Å²) in [5.41, 5.74) is 5.54. The first-order chi connectivity index (χ1) is 5.88. The molecule has 2 aliphatic rings.